The van der Waals surface area contributed by atoms with Gasteiger partial charge in [-0.3, -0.25) is 0 Å². The average Bonchev–Trinajstić information content (AvgIpc) is 2.87. The first-order valence-electron chi connectivity index (χ1n) is 7.74. The van der Waals surface area contributed by atoms with Gasteiger partial charge in [0.1, 0.15) is 0 Å². The molecule has 0 bridgehead atoms. The summed E-state index contributed by atoms with van der Waals surface area (Å²) in [4.78, 5) is 0. The van der Waals surface area contributed by atoms with E-state index in [4.69, 9.17) is 21.1 Å². The molecule has 0 aromatic rings. The predicted octanol–water partition coefficient (Wildman–Crippen LogP) is 4.69. The van der Waals surface area contributed by atoms with Crippen molar-refractivity contribution in [1.29, 1.82) is 0 Å². The first kappa shape index (κ1) is 16.1. The molecule has 0 N–H and O–H groups in total. The lowest BCUT2D eigenvalue weighted by Crippen LogP contribution is -2.30. The molecule has 0 aromatic carbocycles. The maximum Gasteiger partial charge on any atom is 0.161 e. The molecule has 2 nitrogen and oxygen atoms in total. The van der Waals surface area contributed by atoms with Gasteiger partial charge in [0, 0.05) is 5.92 Å². The quantitative estimate of drug-likeness (QED) is 0.542. The third-order valence-electron chi connectivity index (χ3n) is 4.31. The predicted molar refractivity (Wildman–Crippen MR) is 84.0 cm³/mol. The van der Waals surface area contributed by atoms with Gasteiger partial charge in [0.25, 0.3) is 0 Å². The molecule has 3 heteroatoms. The number of hydrogen-bond acceptors (Lipinski definition) is 2. The van der Waals surface area contributed by atoms with Gasteiger partial charge in [-0.2, -0.15) is 0 Å². The first-order valence-corrected chi connectivity index (χ1v) is 8.28. The zero-order chi connectivity index (χ0) is 14.5. The molecule has 1 saturated heterocycles. The Bertz CT molecular complexity index is 371. The minimum atomic E-state index is -0.0515. The zero-order valence-corrected chi connectivity index (χ0v) is 13.7. The summed E-state index contributed by atoms with van der Waals surface area (Å²) in [7, 11) is 0. The second-order valence-electron chi connectivity index (χ2n) is 6.38. The molecule has 0 aromatic heterocycles. The number of halogens is 1. The fraction of sp³-hybridized carbons (Fsp3) is 0.765. The van der Waals surface area contributed by atoms with Crippen LogP contribution in [0.2, 0.25) is 0 Å². The Balaban J connectivity index is 1.84. The standard InChI is InChI=1S/C17H27ClO2/c1-12(2)5-4-6-14-7-8-16(13(3)9-14)17-19-11-15(10-18)20-17/h5,7,13,15-17H,4,6,8-11H2,1-3H3/t13-,15+,16+,17-/m0/s1. The van der Waals surface area contributed by atoms with Crippen LogP contribution in [-0.4, -0.2) is 24.9 Å². The van der Waals surface area contributed by atoms with Crippen molar-refractivity contribution in [1.82, 2.24) is 0 Å². The third kappa shape index (κ3) is 4.34. The minimum Gasteiger partial charge on any atom is -0.350 e. The molecule has 0 spiro atoms. The van der Waals surface area contributed by atoms with Gasteiger partial charge in [-0.05, 0) is 45.4 Å². The SMILES string of the molecule is CC(C)=CCCC1=CC[C@@H]([C@H]2OC[C@@H](CCl)O2)[C@@H](C)C1. The van der Waals surface area contributed by atoms with Gasteiger partial charge in [-0.15, -0.1) is 11.6 Å². The molecule has 1 aliphatic carbocycles. The van der Waals surface area contributed by atoms with Gasteiger partial charge >= 0.3 is 0 Å². The maximum absolute atomic E-state index is 5.88. The molecular weight excluding hydrogens is 272 g/mol. The van der Waals surface area contributed by atoms with Crippen LogP contribution >= 0.6 is 11.6 Å². The Morgan fingerprint density at radius 2 is 2.25 bits per heavy atom. The van der Waals surface area contributed by atoms with E-state index in [0.29, 0.717) is 24.3 Å². The maximum atomic E-state index is 5.88. The normalized spacial score (nSPS) is 33.9. The molecule has 0 unspecified atom stereocenters. The fourth-order valence-corrected chi connectivity index (χ4v) is 3.25. The van der Waals surface area contributed by atoms with E-state index in [9.17, 15) is 0 Å². The van der Waals surface area contributed by atoms with E-state index in [1.54, 1.807) is 5.57 Å². The van der Waals surface area contributed by atoms with E-state index in [1.165, 1.54) is 18.4 Å². The van der Waals surface area contributed by atoms with Crippen LogP contribution in [0.5, 0.6) is 0 Å². The Kier molecular flexibility index (Phi) is 6.13. The van der Waals surface area contributed by atoms with Crippen molar-refractivity contribution >= 4 is 11.6 Å². The fourth-order valence-electron chi connectivity index (χ4n) is 3.09. The average molecular weight is 299 g/mol. The minimum absolute atomic E-state index is 0.0515. The Morgan fingerprint density at radius 3 is 2.85 bits per heavy atom. The second-order valence-corrected chi connectivity index (χ2v) is 6.69. The molecular formula is C17H27ClO2. The van der Waals surface area contributed by atoms with E-state index in [1.807, 2.05) is 0 Å². The van der Waals surface area contributed by atoms with Crippen LogP contribution in [0.4, 0.5) is 0 Å². The molecule has 0 amide bonds. The Morgan fingerprint density at radius 1 is 1.45 bits per heavy atom. The molecule has 2 rings (SSSR count). The summed E-state index contributed by atoms with van der Waals surface area (Å²) >= 11 is 5.83. The summed E-state index contributed by atoms with van der Waals surface area (Å²) in [6.07, 6.45) is 9.37. The lowest BCUT2D eigenvalue weighted by molar-refractivity contribution is -0.108. The topological polar surface area (TPSA) is 18.5 Å². The van der Waals surface area contributed by atoms with Gasteiger partial charge < -0.3 is 9.47 Å². The highest BCUT2D eigenvalue weighted by atomic mass is 35.5. The van der Waals surface area contributed by atoms with Crippen molar-refractivity contribution in [3.63, 3.8) is 0 Å². The van der Waals surface area contributed by atoms with Crippen LogP contribution in [0.25, 0.3) is 0 Å². The highest BCUT2D eigenvalue weighted by Gasteiger charge is 2.36. The van der Waals surface area contributed by atoms with Crippen molar-refractivity contribution in [2.75, 3.05) is 12.5 Å². The van der Waals surface area contributed by atoms with Crippen molar-refractivity contribution < 1.29 is 9.47 Å². The van der Waals surface area contributed by atoms with Crippen LogP contribution in [0.3, 0.4) is 0 Å². The Hall–Kier alpha value is -0.310. The van der Waals surface area contributed by atoms with Gasteiger partial charge in [0.05, 0.1) is 18.6 Å². The molecule has 1 fully saturated rings. The van der Waals surface area contributed by atoms with Crippen LogP contribution in [0, 0.1) is 11.8 Å². The van der Waals surface area contributed by atoms with E-state index in [-0.39, 0.29) is 12.4 Å². The second kappa shape index (κ2) is 7.63. The van der Waals surface area contributed by atoms with Crippen LogP contribution in [0.1, 0.15) is 46.5 Å². The molecule has 0 saturated carbocycles. The van der Waals surface area contributed by atoms with Crippen molar-refractivity contribution in [3.05, 3.63) is 23.3 Å². The van der Waals surface area contributed by atoms with Crippen LogP contribution in [-0.2, 0) is 9.47 Å². The van der Waals surface area contributed by atoms with Crippen molar-refractivity contribution in [2.24, 2.45) is 11.8 Å². The summed E-state index contributed by atoms with van der Waals surface area (Å²) in [5, 5.41) is 0. The lowest BCUT2D eigenvalue weighted by atomic mass is 9.79. The molecule has 2 aliphatic rings. The van der Waals surface area contributed by atoms with Crippen molar-refractivity contribution in [3.8, 4) is 0 Å². The zero-order valence-electron chi connectivity index (χ0n) is 12.9. The molecule has 114 valence electrons. The summed E-state index contributed by atoms with van der Waals surface area (Å²) < 4.78 is 11.6. The smallest absolute Gasteiger partial charge is 0.161 e. The van der Waals surface area contributed by atoms with E-state index < -0.39 is 0 Å². The summed E-state index contributed by atoms with van der Waals surface area (Å²) in [5.74, 6) is 1.64. The number of hydrogen-bond donors (Lipinski definition) is 0. The van der Waals surface area contributed by atoms with Gasteiger partial charge in [-0.25, -0.2) is 0 Å². The van der Waals surface area contributed by atoms with E-state index in [0.717, 1.165) is 12.8 Å². The molecule has 0 radical (unpaired) electrons. The molecule has 1 heterocycles. The molecule has 20 heavy (non-hydrogen) atoms. The third-order valence-corrected chi connectivity index (χ3v) is 4.65. The van der Waals surface area contributed by atoms with Gasteiger partial charge in [-0.1, -0.05) is 30.2 Å². The van der Waals surface area contributed by atoms with Gasteiger partial charge in [0.15, 0.2) is 6.29 Å². The Labute approximate surface area is 128 Å². The van der Waals surface area contributed by atoms with Crippen molar-refractivity contribution in [2.45, 2.75) is 58.8 Å². The molecule has 1 aliphatic heterocycles. The highest BCUT2D eigenvalue weighted by Crippen LogP contribution is 2.37. The highest BCUT2D eigenvalue weighted by molar-refractivity contribution is 6.18. The first-order chi connectivity index (χ1) is 9.60. The van der Waals surface area contributed by atoms with E-state index >= 15 is 0 Å². The summed E-state index contributed by atoms with van der Waals surface area (Å²) in [6.45, 7) is 7.29. The lowest BCUT2D eigenvalue weighted by Gasteiger charge is -2.32. The van der Waals surface area contributed by atoms with Gasteiger partial charge in [0.2, 0.25) is 0 Å². The number of allylic oxidation sites excluding steroid dienone is 4. The molecule has 4 atom stereocenters. The largest absolute Gasteiger partial charge is 0.350 e. The summed E-state index contributed by atoms with van der Waals surface area (Å²) in [6, 6.07) is 0. The van der Waals surface area contributed by atoms with Crippen LogP contribution < -0.4 is 0 Å². The number of rotatable bonds is 5. The number of alkyl halides is 1. The van der Waals surface area contributed by atoms with Crippen LogP contribution in [0.15, 0.2) is 23.3 Å². The van der Waals surface area contributed by atoms with E-state index in [2.05, 4.69) is 32.9 Å². The number of ether oxygens (including phenoxy) is 2. The monoisotopic (exact) mass is 298 g/mol. The summed E-state index contributed by atoms with van der Waals surface area (Å²) in [5.41, 5.74) is 3.00.